The van der Waals surface area contributed by atoms with Crippen LogP contribution in [-0.2, 0) is 0 Å². The van der Waals surface area contributed by atoms with Crippen molar-refractivity contribution in [1.29, 1.82) is 0 Å². The summed E-state index contributed by atoms with van der Waals surface area (Å²) in [5.41, 5.74) is 0.514. The summed E-state index contributed by atoms with van der Waals surface area (Å²) in [4.78, 5) is 14.6. The highest BCUT2D eigenvalue weighted by Crippen LogP contribution is 2.67. The van der Waals surface area contributed by atoms with Crippen LogP contribution >= 0.6 is 0 Å². The number of rotatable bonds is 3. The zero-order valence-corrected chi connectivity index (χ0v) is 15.2. The average molecular weight is 358 g/mol. The standard InChI is InChI=1S/C21H27FN2O2/c1-12-10-24(20(26)23-12)19-14-6-13-7-16(19)18(21(8-13,9-14)11-25)15-4-2-3-5-17(15)22/h2-5,12-14,16,18-19,25H,6-11H2,1H3,(H,23,26). The fourth-order valence-corrected chi connectivity index (χ4v) is 7.11. The van der Waals surface area contributed by atoms with Gasteiger partial charge in [0.25, 0.3) is 0 Å². The minimum absolute atomic E-state index is 0.00444. The van der Waals surface area contributed by atoms with E-state index in [-0.39, 0.29) is 47.8 Å². The van der Waals surface area contributed by atoms with E-state index in [4.69, 9.17) is 0 Å². The van der Waals surface area contributed by atoms with E-state index in [2.05, 4.69) is 5.32 Å². The molecule has 1 heterocycles. The molecule has 26 heavy (non-hydrogen) atoms. The minimum Gasteiger partial charge on any atom is -0.396 e. The van der Waals surface area contributed by atoms with Crippen LogP contribution in [0.2, 0.25) is 0 Å². The molecule has 4 saturated carbocycles. The van der Waals surface area contributed by atoms with Crippen molar-refractivity contribution in [1.82, 2.24) is 10.2 Å². The quantitative estimate of drug-likeness (QED) is 0.872. The maximum atomic E-state index is 14.8. The molecule has 7 unspecified atom stereocenters. The van der Waals surface area contributed by atoms with Crippen LogP contribution in [0.1, 0.15) is 44.1 Å². The molecule has 5 fully saturated rings. The van der Waals surface area contributed by atoms with Crippen LogP contribution in [-0.4, -0.2) is 41.3 Å². The van der Waals surface area contributed by atoms with Gasteiger partial charge in [-0.05, 0) is 67.9 Å². The maximum absolute atomic E-state index is 14.8. The molecule has 2 N–H and O–H groups in total. The predicted molar refractivity (Wildman–Crippen MR) is 96.1 cm³/mol. The summed E-state index contributed by atoms with van der Waals surface area (Å²) < 4.78 is 14.8. The summed E-state index contributed by atoms with van der Waals surface area (Å²) in [6, 6.07) is 7.41. The molecule has 4 nitrogen and oxygen atoms in total. The molecule has 1 aromatic rings. The number of benzene rings is 1. The number of aliphatic hydroxyl groups excluding tert-OH is 1. The zero-order chi connectivity index (χ0) is 18.1. The van der Waals surface area contributed by atoms with Crippen molar-refractivity contribution in [3.05, 3.63) is 35.6 Å². The van der Waals surface area contributed by atoms with Crippen molar-refractivity contribution >= 4 is 6.03 Å². The summed E-state index contributed by atoms with van der Waals surface area (Å²) in [6.45, 7) is 2.89. The van der Waals surface area contributed by atoms with Crippen LogP contribution in [0.5, 0.6) is 0 Å². The van der Waals surface area contributed by atoms with Crippen molar-refractivity contribution in [3.63, 3.8) is 0 Å². The van der Waals surface area contributed by atoms with Gasteiger partial charge in [0.05, 0.1) is 0 Å². The highest BCUT2D eigenvalue weighted by Gasteiger charge is 2.63. The van der Waals surface area contributed by atoms with Gasteiger partial charge < -0.3 is 15.3 Å². The third-order valence-electron chi connectivity index (χ3n) is 7.63. The number of carbonyl (C=O) groups excluding carboxylic acids is 1. The summed E-state index contributed by atoms with van der Waals surface area (Å²) in [7, 11) is 0. The number of urea groups is 1. The number of hydrogen-bond acceptors (Lipinski definition) is 2. The van der Waals surface area contributed by atoms with E-state index < -0.39 is 0 Å². The average Bonchev–Trinajstić information content (AvgIpc) is 2.94. The topological polar surface area (TPSA) is 52.6 Å². The highest BCUT2D eigenvalue weighted by atomic mass is 19.1. The number of aliphatic hydroxyl groups is 1. The Hall–Kier alpha value is -1.62. The molecule has 5 aliphatic rings. The first-order valence-corrected chi connectivity index (χ1v) is 9.95. The van der Waals surface area contributed by atoms with Crippen LogP contribution < -0.4 is 5.32 Å². The maximum Gasteiger partial charge on any atom is 0.318 e. The van der Waals surface area contributed by atoms with Gasteiger partial charge in [0.15, 0.2) is 0 Å². The second kappa shape index (κ2) is 5.69. The number of carbonyl (C=O) groups is 1. The third-order valence-corrected chi connectivity index (χ3v) is 7.63. The van der Waals surface area contributed by atoms with E-state index in [9.17, 15) is 14.3 Å². The lowest BCUT2D eigenvalue weighted by Gasteiger charge is -2.65. The molecule has 6 rings (SSSR count). The first-order chi connectivity index (χ1) is 12.5. The van der Waals surface area contributed by atoms with Crippen molar-refractivity contribution < 1.29 is 14.3 Å². The SMILES string of the molecule is CC1CN(C2C3CC4CC2C(c2ccccc2F)C(CO)(C4)C3)C(=O)N1. The number of halogens is 1. The van der Waals surface area contributed by atoms with Crippen molar-refractivity contribution in [2.24, 2.45) is 23.2 Å². The lowest BCUT2D eigenvalue weighted by Crippen LogP contribution is -2.64. The van der Waals surface area contributed by atoms with Gasteiger partial charge in [-0.1, -0.05) is 18.2 Å². The number of nitrogens with zero attached hydrogens (tertiary/aromatic N) is 1. The Kier molecular flexibility index (Phi) is 3.62. The Balaban J connectivity index is 1.59. The predicted octanol–water partition coefficient (Wildman–Crippen LogP) is 3.12. The number of amides is 2. The lowest BCUT2D eigenvalue weighted by molar-refractivity contribution is -0.137. The van der Waals surface area contributed by atoms with Crippen molar-refractivity contribution in [2.45, 2.75) is 50.6 Å². The second-order valence-electron chi connectivity index (χ2n) is 9.18. The normalized spacial score (nSPS) is 43.8. The second-order valence-corrected chi connectivity index (χ2v) is 9.18. The zero-order valence-electron chi connectivity index (χ0n) is 15.2. The molecule has 0 radical (unpaired) electrons. The number of nitrogens with one attached hydrogen (secondary N) is 1. The van der Waals surface area contributed by atoms with E-state index in [1.807, 2.05) is 24.0 Å². The molecule has 4 aliphatic carbocycles. The Morgan fingerprint density at radius 1 is 1.31 bits per heavy atom. The molecule has 0 aromatic heterocycles. The van der Waals surface area contributed by atoms with E-state index in [1.165, 1.54) is 6.07 Å². The van der Waals surface area contributed by atoms with Crippen LogP contribution in [0.3, 0.4) is 0 Å². The fourth-order valence-electron chi connectivity index (χ4n) is 7.11. The molecule has 1 saturated heterocycles. The van der Waals surface area contributed by atoms with Gasteiger partial charge in [-0.2, -0.15) is 0 Å². The van der Waals surface area contributed by atoms with Gasteiger partial charge in [-0.3, -0.25) is 0 Å². The van der Waals surface area contributed by atoms with Gasteiger partial charge in [0.1, 0.15) is 5.82 Å². The van der Waals surface area contributed by atoms with Crippen LogP contribution in [0.25, 0.3) is 0 Å². The smallest absolute Gasteiger partial charge is 0.318 e. The van der Waals surface area contributed by atoms with E-state index >= 15 is 0 Å². The molecule has 5 heteroatoms. The number of hydrogen-bond donors (Lipinski definition) is 2. The molecule has 0 spiro atoms. The van der Waals surface area contributed by atoms with Gasteiger partial charge >= 0.3 is 6.03 Å². The van der Waals surface area contributed by atoms with E-state index in [0.29, 0.717) is 11.8 Å². The molecule has 1 aliphatic heterocycles. The van der Waals surface area contributed by atoms with Gasteiger partial charge in [0, 0.05) is 30.7 Å². The van der Waals surface area contributed by atoms with Crippen molar-refractivity contribution in [3.8, 4) is 0 Å². The van der Waals surface area contributed by atoms with E-state index in [1.54, 1.807) is 6.07 Å². The van der Waals surface area contributed by atoms with Gasteiger partial charge in [-0.15, -0.1) is 0 Å². The Morgan fingerprint density at radius 3 is 2.81 bits per heavy atom. The van der Waals surface area contributed by atoms with Gasteiger partial charge in [0.2, 0.25) is 0 Å². The first-order valence-electron chi connectivity index (χ1n) is 9.95. The van der Waals surface area contributed by atoms with Crippen LogP contribution in [0, 0.1) is 29.0 Å². The lowest BCUT2D eigenvalue weighted by atomic mass is 9.42. The molecular weight excluding hydrogens is 331 g/mol. The molecule has 7 atom stereocenters. The monoisotopic (exact) mass is 358 g/mol. The summed E-state index contributed by atoms with van der Waals surface area (Å²) in [5.74, 6) is 1.10. The molecule has 2 amide bonds. The Labute approximate surface area is 153 Å². The summed E-state index contributed by atoms with van der Waals surface area (Å²) in [5, 5.41) is 13.4. The van der Waals surface area contributed by atoms with Gasteiger partial charge in [-0.25, -0.2) is 9.18 Å². The summed E-state index contributed by atoms with van der Waals surface area (Å²) in [6.07, 6.45) is 4.08. The first kappa shape index (κ1) is 16.5. The van der Waals surface area contributed by atoms with Crippen LogP contribution in [0.15, 0.2) is 24.3 Å². The van der Waals surface area contributed by atoms with E-state index in [0.717, 1.165) is 37.8 Å². The fraction of sp³-hybridized carbons (Fsp3) is 0.667. The summed E-state index contributed by atoms with van der Waals surface area (Å²) >= 11 is 0. The third kappa shape index (κ3) is 2.19. The molecular formula is C21H27FN2O2. The largest absolute Gasteiger partial charge is 0.396 e. The molecule has 1 aromatic carbocycles. The Morgan fingerprint density at radius 2 is 2.12 bits per heavy atom. The Bertz CT molecular complexity index is 740. The molecule has 4 bridgehead atoms. The minimum atomic E-state index is -0.225. The molecule has 140 valence electrons. The highest BCUT2D eigenvalue weighted by molar-refractivity contribution is 5.77. The van der Waals surface area contributed by atoms with Crippen LogP contribution in [0.4, 0.5) is 9.18 Å². The van der Waals surface area contributed by atoms with Crippen molar-refractivity contribution in [2.75, 3.05) is 13.2 Å².